The molecule has 2 amide bonds. The van der Waals surface area contributed by atoms with E-state index in [1.54, 1.807) is 95.1 Å². The highest BCUT2D eigenvalue weighted by Crippen LogP contribution is 2.31. The van der Waals surface area contributed by atoms with Crippen LogP contribution in [0.25, 0.3) is 22.3 Å². The normalized spacial score (nSPS) is 19.8. The molecule has 4 aliphatic heterocycles. The fourth-order valence-electron chi connectivity index (χ4n) is 7.55. The fourth-order valence-corrected chi connectivity index (χ4v) is 7.55. The molecule has 0 radical (unpaired) electrons. The van der Waals surface area contributed by atoms with Gasteiger partial charge in [0.25, 0.3) is 0 Å². The van der Waals surface area contributed by atoms with Crippen LogP contribution in [0.2, 0.25) is 0 Å². The number of aliphatic hydroxyl groups excluding tert-OH is 1. The first-order chi connectivity index (χ1) is 32.6. The standard InChI is InChI=1S/C23H21FN6O5.C21H19FN6O4/c1-14(31)33-13-17-9-22(27-35-17)21-5-2-15(10-25-21)19-4-3-16(8-20(19)24)30-12-18(34-23(30)32)11-29-7-6-26-28-29;22-18-7-14(28-11-16(31-21(28)30)10-27-6-5-24-26-27)2-3-17(18)13-1-4-19(23-9-13)20-8-15(12-29)32-25-20/h2-8,10,17-18H,9,11-13H2,1H3;1-7,9,15-16,29H,8,10-12H2/t17-,18-;15-,16-/m00/s1. The smallest absolute Gasteiger partial charge is 0.414 e. The lowest BCUT2D eigenvalue weighted by molar-refractivity contribution is -0.144. The molecule has 0 saturated carbocycles. The number of carbonyl (C=O) groups is 3. The van der Waals surface area contributed by atoms with Gasteiger partial charge >= 0.3 is 18.2 Å². The molecule has 344 valence electrons. The molecule has 10 rings (SSSR count). The molecule has 23 heteroatoms. The molecule has 4 aromatic heterocycles. The maximum atomic E-state index is 15.0. The second-order valence-corrected chi connectivity index (χ2v) is 15.6. The molecule has 2 fully saturated rings. The molecule has 0 aliphatic carbocycles. The predicted octanol–water partition coefficient (Wildman–Crippen LogP) is 4.55. The van der Waals surface area contributed by atoms with E-state index in [0.717, 1.165) is 0 Å². The van der Waals surface area contributed by atoms with Gasteiger partial charge in [-0.15, -0.1) is 10.2 Å². The van der Waals surface area contributed by atoms with Gasteiger partial charge < -0.3 is 29.0 Å². The van der Waals surface area contributed by atoms with Crippen LogP contribution in [0.1, 0.15) is 31.2 Å². The van der Waals surface area contributed by atoms with E-state index in [-0.39, 0.29) is 44.5 Å². The Bertz CT molecular complexity index is 2800. The highest BCUT2D eigenvalue weighted by atomic mass is 19.1. The number of halogens is 2. The number of pyridine rings is 2. The molecule has 21 nitrogen and oxygen atoms in total. The number of hydrogen-bond acceptors (Lipinski definition) is 17. The van der Waals surface area contributed by atoms with Crippen LogP contribution in [0.4, 0.5) is 29.7 Å². The number of cyclic esters (lactones) is 2. The van der Waals surface area contributed by atoms with E-state index in [0.29, 0.717) is 82.4 Å². The quantitative estimate of drug-likeness (QED) is 0.124. The van der Waals surface area contributed by atoms with E-state index in [2.05, 4.69) is 40.9 Å². The minimum Gasteiger partial charge on any atom is -0.462 e. The number of hydrogen-bond donors (Lipinski definition) is 1. The number of esters is 1. The summed E-state index contributed by atoms with van der Waals surface area (Å²) in [5.74, 6) is -1.36. The second kappa shape index (κ2) is 19.5. The average Bonchev–Trinajstić information content (AvgIpc) is 4.21. The molecule has 0 spiro atoms. The Morgan fingerprint density at radius 1 is 0.701 bits per heavy atom. The number of carbonyl (C=O) groups excluding carboxylic acids is 3. The SMILES string of the molecule is CC(=O)OC[C@@H]1CC(c2ccc(-c3ccc(N4C[C@H](Cn5ccnn5)OC4=O)cc3F)cn2)=NO1.O=C1O[C@@H](Cn2ccnn2)CN1c1ccc(-c2ccc(C3=NO[C@H](CO)C3)nc2)c(F)c1. The summed E-state index contributed by atoms with van der Waals surface area (Å²) in [4.78, 5) is 57.4. The van der Waals surface area contributed by atoms with Crippen LogP contribution in [0, 0.1) is 11.6 Å². The van der Waals surface area contributed by atoms with Crippen molar-refractivity contribution in [3.63, 3.8) is 0 Å². The lowest BCUT2D eigenvalue weighted by Gasteiger charge is -2.14. The highest BCUT2D eigenvalue weighted by Gasteiger charge is 2.35. The third kappa shape index (κ3) is 10.2. The summed E-state index contributed by atoms with van der Waals surface area (Å²) >= 11 is 0. The Morgan fingerprint density at radius 2 is 1.19 bits per heavy atom. The van der Waals surface area contributed by atoms with Crippen LogP contribution in [-0.2, 0) is 41.8 Å². The summed E-state index contributed by atoms with van der Waals surface area (Å²) < 4.78 is 48.8. The molecule has 4 aliphatic rings. The molecule has 0 unspecified atom stereocenters. The zero-order valence-electron chi connectivity index (χ0n) is 35.5. The summed E-state index contributed by atoms with van der Waals surface area (Å²) in [7, 11) is 0. The van der Waals surface area contributed by atoms with Crippen molar-refractivity contribution in [2.75, 3.05) is 36.1 Å². The van der Waals surface area contributed by atoms with Crippen molar-refractivity contribution in [3.05, 3.63) is 121 Å². The van der Waals surface area contributed by atoms with Crippen LogP contribution in [0.3, 0.4) is 0 Å². The van der Waals surface area contributed by atoms with E-state index < -0.39 is 36.0 Å². The highest BCUT2D eigenvalue weighted by molar-refractivity contribution is 6.00. The number of aliphatic hydroxyl groups is 1. The number of aromatic nitrogens is 8. The Hall–Kier alpha value is -8.21. The number of ether oxygens (including phenoxy) is 3. The Labute approximate surface area is 379 Å². The van der Waals surface area contributed by atoms with Crippen molar-refractivity contribution in [1.29, 1.82) is 0 Å². The fraction of sp³-hybridized carbons (Fsp3) is 0.295. The van der Waals surface area contributed by atoms with Crippen molar-refractivity contribution in [2.45, 2.75) is 57.3 Å². The second-order valence-electron chi connectivity index (χ2n) is 15.6. The zero-order valence-corrected chi connectivity index (χ0v) is 35.5. The van der Waals surface area contributed by atoms with Crippen LogP contribution in [0.5, 0.6) is 0 Å². The van der Waals surface area contributed by atoms with Crippen LogP contribution in [0.15, 0.2) is 108 Å². The van der Waals surface area contributed by atoms with Crippen LogP contribution in [-0.4, -0.2) is 125 Å². The topological polar surface area (TPSA) is 236 Å². The Kier molecular flexibility index (Phi) is 12.8. The molecule has 8 heterocycles. The van der Waals surface area contributed by atoms with Gasteiger partial charge in [-0.25, -0.2) is 27.7 Å². The maximum Gasteiger partial charge on any atom is 0.414 e. The van der Waals surface area contributed by atoms with Gasteiger partial charge in [0.15, 0.2) is 12.2 Å². The van der Waals surface area contributed by atoms with Crippen molar-refractivity contribution >= 4 is 41.0 Å². The summed E-state index contributed by atoms with van der Waals surface area (Å²) in [5, 5.41) is 32.3. The summed E-state index contributed by atoms with van der Waals surface area (Å²) in [6.07, 6.45) is 7.87. The first kappa shape index (κ1) is 44.0. The monoisotopic (exact) mass is 918 g/mol. The van der Waals surface area contributed by atoms with E-state index in [9.17, 15) is 18.8 Å². The number of rotatable bonds is 13. The van der Waals surface area contributed by atoms with Gasteiger partial charge in [0.1, 0.15) is 41.9 Å². The lowest BCUT2D eigenvalue weighted by Crippen LogP contribution is -2.26. The van der Waals surface area contributed by atoms with Gasteiger partial charge in [-0.3, -0.25) is 24.6 Å². The number of amides is 2. The van der Waals surface area contributed by atoms with Crippen LogP contribution >= 0.6 is 0 Å². The average molecular weight is 919 g/mol. The first-order valence-electron chi connectivity index (χ1n) is 20.9. The van der Waals surface area contributed by atoms with Gasteiger partial charge in [-0.2, -0.15) is 0 Å². The minimum atomic E-state index is -0.542. The number of anilines is 2. The van der Waals surface area contributed by atoms with Gasteiger partial charge in [0.2, 0.25) is 0 Å². The maximum absolute atomic E-state index is 15.0. The molecule has 2 aromatic carbocycles. The van der Waals surface area contributed by atoms with Gasteiger partial charge in [-0.05, 0) is 48.5 Å². The van der Waals surface area contributed by atoms with Crippen molar-refractivity contribution in [2.24, 2.45) is 10.3 Å². The van der Waals surface area contributed by atoms with E-state index in [1.807, 2.05) is 0 Å². The Morgan fingerprint density at radius 3 is 1.60 bits per heavy atom. The third-order valence-electron chi connectivity index (χ3n) is 10.9. The van der Waals surface area contributed by atoms with Crippen molar-refractivity contribution in [3.8, 4) is 22.3 Å². The summed E-state index contributed by atoms with van der Waals surface area (Å²) in [5.41, 5.74) is 5.14. The molecule has 2 saturated heterocycles. The lowest BCUT2D eigenvalue weighted by atomic mass is 10.0. The van der Waals surface area contributed by atoms with E-state index in [1.165, 1.54) is 28.9 Å². The zero-order chi connectivity index (χ0) is 46.4. The molecular formula is C44H40F2N12O9. The van der Waals surface area contributed by atoms with Gasteiger partial charge in [0.05, 0.1) is 67.9 Å². The third-order valence-corrected chi connectivity index (χ3v) is 10.9. The molecular weight excluding hydrogens is 879 g/mol. The van der Waals surface area contributed by atoms with E-state index >= 15 is 4.39 Å². The number of benzene rings is 2. The minimum absolute atomic E-state index is 0.115. The predicted molar refractivity (Wildman–Crippen MR) is 230 cm³/mol. The largest absolute Gasteiger partial charge is 0.462 e. The molecule has 67 heavy (non-hydrogen) atoms. The molecule has 1 N–H and O–H groups in total. The molecule has 4 atom stereocenters. The number of nitrogens with zero attached hydrogens (tertiary/aromatic N) is 12. The van der Waals surface area contributed by atoms with E-state index in [4.69, 9.17) is 29.0 Å². The van der Waals surface area contributed by atoms with Crippen LogP contribution < -0.4 is 9.80 Å². The first-order valence-corrected chi connectivity index (χ1v) is 20.9. The van der Waals surface area contributed by atoms with Gasteiger partial charge in [0, 0.05) is 66.8 Å². The van der Waals surface area contributed by atoms with Crippen molar-refractivity contribution < 1.29 is 52.2 Å². The van der Waals surface area contributed by atoms with Crippen molar-refractivity contribution in [1.82, 2.24) is 40.0 Å². The Balaban J connectivity index is 0.000000169. The molecule has 0 bridgehead atoms. The van der Waals surface area contributed by atoms with Gasteiger partial charge in [-0.1, -0.05) is 32.9 Å². The summed E-state index contributed by atoms with van der Waals surface area (Å²) in [6.45, 7) is 2.62. The summed E-state index contributed by atoms with van der Waals surface area (Å²) in [6, 6.07) is 16.1. The molecule has 6 aromatic rings. The number of oxime groups is 2.